The Labute approximate surface area is 111 Å². The van der Waals surface area contributed by atoms with Crippen molar-refractivity contribution in [3.05, 3.63) is 44.5 Å². The van der Waals surface area contributed by atoms with Gasteiger partial charge in [0.2, 0.25) is 0 Å². The average molecular weight is 308 g/mol. The number of nitro benzene ring substituents is 1. The van der Waals surface area contributed by atoms with Crippen molar-refractivity contribution in [3.63, 3.8) is 0 Å². The summed E-state index contributed by atoms with van der Waals surface area (Å²) in [5, 5.41) is 17.9. The smallest absolute Gasteiger partial charge is 0.269 e. The Morgan fingerprint density at radius 2 is 2.00 bits per heavy atom. The molecule has 1 aliphatic carbocycles. The highest BCUT2D eigenvalue weighted by atomic mass is 79.9. The third kappa shape index (κ3) is 1.92. The summed E-state index contributed by atoms with van der Waals surface area (Å²) in [6.45, 7) is 0. The fourth-order valence-corrected chi connectivity index (χ4v) is 2.65. The maximum absolute atomic E-state index is 10.6. The van der Waals surface area contributed by atoms with E-state index in [-0.39, 0.29) is 5.69 Å². The maximum atomic E-state index is 10.6. The van der Waals surface area contributed by atoms with Crippen LogP contribution in [0.15, 0.2) is 28.7 Å². The molecule has 1 heterocycles. The highest BCUT2D eigenvalue weighted by Crippen LogP contribution is 2.44. The molecule has 1 aromatic heterocycles. The van der Waals surface area contributed by atoms with Crippen LogP contribution in [0.25, 0.3) is 11.3 Å². The van der Waals surface area contributed by atoms with Crippen LogP contribution in [0.4, 0.5) is 5.69 Å². The van der Waals surface area contributed by atoms with Gasteiger partial charge in [0, 0.05) is 23.6 Å². The molecule has 18 heavy (non-hydrogen) atoms. The minimum Gasteiger partial charge on any atom is -0.280 e. The number of nitro groups is 1. The molecule has 1 aromatic carbocycles. The number of hydrogen-bond acceptors (Lipinski definition) is 3. The van der Waals surface area contributed by atoms with Crippen molar-refractivity contribution in [2.75, 3.05) is 0 Å². The number of benzene rings is 1. The van der Waals surface area contributed by atoms with Gasteiger partial charge in [0.05, 0.1) is 15.1 Å². The van der Waals surface area contributed by atoms with Gasteiger partial charge in [-0.15, -0.1) is 0 Å². The number of aromatic nitrogens is 2. The molecule has 1 fully saturated rings. The largest absolute Gasteiger partial charge is 0.280 e. The molecular formula is C12H10BrN3O2. The average Bonchev–Trinajstić information content (AvgIpc) is 3.13. The molecule has 0 atom stereocenters. The molecule has 1 N–H and O–H groups in total. The van der Waals surface area contributed by atoms with Crippen LogP contribution in [-0.2, 0) is 0 Å². The molecule has 6 heteroatoms. The molecule has 0 radical (unpaired) electrons. The van der Waals surface area contributed by atoms with Crippen molar-refractivity contribution < 1.29 is 4.92 Å². The zero-order chi connectivity index (χ0) is 12.7. The monoisotopic (exact) mass is 307 g/mol. The molecule has 3 rings (SSSR count). The van der Waals surface area contributed by atoms with Gasteiger partial charge >= 0.3 is 0 Å². The third-order valence-electron chi connectivity index (χ3n) is 3.07. The van der Waals surface area contributed by atoms with Gasteiger partial charge < -0.3 is 0 Å². The number of H-pyrrole nitrogens is 1. The van der Waals surface area contributed by atoms with Crippen molar-refractivity contribution in [2.24, 2.45) is 0 Å². The summed E-state index contributed by atoms with van der Waals surface area (Å²) in [5.74, 6) is 0.582. The fourth-order valence-electron chi connectivity index (χ4n) is 1.92. The highest BCUT2D eigenvalue weighted by molar-refractivity contribution is 9.10. The Kier molecular flexibility index (Phi) is 2.66. The second kappa shape index (κ2) is 4.20. The molecule has 0 bridgehead atoms. The Morgan fingerprint density at radius 3 is 2.56 bits per heavy atom. The Morgan fingerprint density at radius 1 is 1.33 bits per heavy atom. The Hall–Kier alpha value is -1.69. The normalized spacial score (nSPS) is 14.7. The van der Waals surface area contributed by atoms with E-state index in [0.29, 0.717) is 5.92 Å². The van der Waals surface area contributed by atoms with Crippen molar-refractivity contribution in [1.29, 1.82) is 0 Å². The predicted octanol–water partition coefficient (Wildman–Crippen LogP) is 3.62. The van der Waals surface area contributed by atoms with Gasteiger partial charge in [-0.05, 0) is 40.9 Å². The molecule has 5 nitrogen and oxygen atoms in total. The van der Waals surface area contributed by atoms with E-state index in [0.717, 1.165) is 21.4 Å². The zero-order valence-corrected chi connectivity index (χ0v) is 11.0. The molecule has 0 saturated heterocycles. The van der Waals surface area contributed by atoms with Crippen molar-refractivity contribution >= 4 is 21.6 Å². The number of rotatable bonds is 3. The lowest BCUT2D eigenvalue weighted by Gasteiger charge is -1.98. The van der Waals surface area contributed by atoms with Crippen molar-refractivity contribution in [1.82, 2.24) is 10.2 Å². The van der Waals surface area contributed by atoms with Crippen LogP contribution >= 0.6 is 15.9 Å². The number of aromatic amines is 1. The summed E-state index contributed by atoms with van der Waals surface area (Å²) in [5.41, 5.74) is 2.90. The van der Waals surface area contributed by atoms with Gasteiger partial charge in [-0.25, -0.2) is 0 Å². The second-order valence-electron chi connectivity index (χ2n) is 4.38. The van der Waals surface area contributed by atoms with Crippen LogP contribution in [0.3, 0.4) is 0 Å². The fraction of sp³-hybridized carbons (Fsp3) is 0.250. The SMILES string of the molecule is O=[N+]([O-])c1ccc(-c2n[nH]c(C3CC3)c2Br)cc1. The standard InChI is InChI=1S/C12H10BrN3O2/c13-10-11(7-1-2-7)14-15-12(10)8-3-5-9(6-4-8)16(17)18/h3-7H,1-2H2,(H,14,15). The molecule has 1 aliphatic rings. The summed E-state index contributed by atoms with van der Waals surface area (Å²) in [6, 6.07) is 6.42. The van der Waals surface area contributed by atoms with E-state index in [1.54, 1.807) is 12.1 Å². The summed E-state index contributed by atoms with van der Waals surface area (Å²) in [7, 11) is 0. The van der Waals surface area contributed by atoms with Crippen LogP contribution in [0.5, 0.6) is 0 Å². The minimum atomic E-state index is -0.404. The topological polar surface area (TPSA) is 71.8 Å². The van der Waals surface area contributed by atoms with Crippen molar-refractivity contribution in [3.8, 4) is 11.3 Å². The van der Waals surface area contributed by atoms with E-state index in [2.05, 4.69) is 26.1 Å². The summed E-state index contributed by atoms with van der Waals surface area (Å²) in [6.07, 6.45) is 2.39. The summed E-state index contributed by atoms with van der Waals surface area (Å²) in [4.78, 5) is 10.2. The Bertz CT molecular complexity index is 602. The summed E-state index contributed by atoms with van der Waals surface area (Å²) < 4.78 is 0.971. The number of halogens is 1. The van der Waals surface area contributed by atoms with Gasteiger partial charge in [0.1, 0.15) is 5.69 Å². The first kappa shape index (κ1) is 11.4. The van der Waals surface area contributed by atoms with Gasteiger partial charge in [-0.1, -0.05) is 0 Å². The highest BCUT2D eigenvalue weighted by Gasteiger charge is 2.29. The first-order valence-electron chi connectivity index (χ1n) is 5.65. The lowest BCUT2D eigenvalue weighted by molar-refractivity contribution is -0.384. The molecule has 0 spiro atoms. The van der Waals surface area contributed by atoms with E-state index in [9.17, 15) is 10.1 Å². The van der Waals surface area contributed by atoms with Crippen LogP contribution in [0.2, 0.25) is 0 Å². The summed E-state index contributed by atoms with van der Waals surface area (Å²) >= 11 is 3.55. The molecule has 2 aromatic rings. The number of non-ortho nitro benzene ring substituents is 1. The number of nitrogens with one attached hydrogen (secondary N) is 1. The lowest BCUT2D eigenvalue weighted by atomic mass is 10.1. The van der Waals surface area contributed by atoms with Crippen molar-refractivity contribution in [2.45, 2.75) is 18.8 Å². The maximum Gasteiger partial charge on any atom is 0.269 e. The molecule has 0 amide bonds. The van der Waals surface area contributed by atoms with Gasteiger partial charge in [0.25, 0.3) is 5.69 Å². The van der Waals surface area contributed by atoms with Crippen LogP contribution in [-0.4, -0.2) is 15.1 Å². The zero-order valence-electron chi connectivity index (χ0n) is 9.39. The number of nitrogens with zero attached hydrogens (tertiary/aromatic N) is 2. The van der Waals surface area contributed by atoms with E-state index in [1.165, 1.54) is 25.0 Å². The quantitative estimate of drug-likeness (QED) is 0.695. The lowest BCUT2D eigenvalue weighted by Crippen LogP contribution is -1.87. The van der Waals surface area contributed by atoms with Gasteiger partial charge in [-0.2, -0.15) is 5.10 Å². The van der Waals surface area contributed by atoms with Crippen LogP contribution in [0.1, 0.15) is 24.5 Å². The molecular weight excluding hydrogens is 298 g/mol. The van der Waals surface area contributed by atoms with Crippen LogP contribution in [0, 0.1) is 10.1 Å². The van der Waals surface area contributed by atoms with E-state index in [1.807, 2.05) is 0 Å². The Balaban J connectivity index is 1.96. The third-order valence-corrected chi connectivity index (χ3v) is 3.87. The van der Waals surface area contributed by atoms with Gasteiger partial charge in [-0.3, -0.25) is 15.2 Å². The molecule has 1 saturated carbocycles. The van der Waals surface area contributed by atoms with Crippen LogP contribution < -0.4 is 0 Å². The molecule has 92 valence electrons. The minimum absolute atomic E-state index is 0.0906. The first-order valence-corrected chi connectivity index (χ1v) is 6.44. The van der Waals surface area contributed by atoms with Gasteiger partial charge in [0.15, 0.2) is 0 Å². The molecule has 0 unspecified atom stereocenters. The van der Waals surface area contributed by atoms with E-state index >= 15 is 0 Å². The predicted molar refractivity (Wildman–Crippen MR) is 70.4 cm³/mol. The first-order chi connectivity index (χ1) is 8.66. The molecule has 0 aliphatic heterocycles. The second-order valence-corrected chi connectivity index (χ2v) is 5.17. The van der Waals surface area contributed by atoms with E-state index in [4.69, 9.17) is 0 Å². The number of hydrogen-bond donors (Lipinski definition) is 1. The van der Waals surface area contributed by atoms with E-state index < -0.39 is 4.92 Å².